The van der Waals surface area contributed by atoms with Crippen molar-refractivity contribution in [3.05, 3.63) is 0 Å². The fraction of sp³-hybridized carbons (Fsp3) is 1.00. The van der Waals surface area contributed by atoms with Gasteiger partial charge in [-0.25, -0.2) is 0 Å². The zero-order valence-electron chi connectivity index (χ0n) is 16.4. The highest BCUT2D eigenvalue weighted by molar-refractivity contribution is 6.60. The zero-order valence-corrected chi connectivity index (χ0v) is 17.4. The van der Waals surface area contributed by atoms with E-state index in [0.717, 1.165) is 77.6 Å². The Hall–Kier alpha value is 0.0169. The van der Waals surface area contributed by atoms with E-state index in [-0.39, 0.29) is 0 Å². The summed E-state index contributed by atoms with van der Waals surface area (Å²) in [4.78, 5) is 0. The van der Waals surface area contributed by atoms with E-state index in [0.29, 0.717) is 0 Å². The minimum atomic E-state index is -2.50. The van der Waals surface area contributed by atoms with Crippen molar-refractivity contribution >= 4 is 8.80 Å². The van der Waals surface area contributed by atoms with Crippen LogP contribution in [0.1, 0.15) is 72.1 Å². The molecule has 0 atom stereocenters. The van der Waals surface area contributed by atoms with Crippen molar-refractivity contribution < 1.29 is 13.3 Å². The van der Waals surface area contributed by atoms with E-state index in [1.165, 1.54) is 19.3 Å². The number of nitrogens with one attached hydrogen (secondary N) is 1. The van der Waals surface area contributed by atoms with Crippen molar-refractivity contribution in [2.45, 2.75) is 78.2 Å². The smallest absolute Gasteiger partial charge is 0.373 e. The van der Waals surface area contributed by atoms with Crippen LogP contribution >= 0.6 is 0 Å². The highest BCUT2D eigenvalue weighted by Gasteiger charge is 2.40. The Morgan fingerprint density at radius 2 is 1.21 bits per heavy atom. The third kappa shape index (κ3) is 13.3. The third-order valence-corrected chi connectivity index (χ3v) is 6.62. The first-order valence-corrected chi connectivity index (χ1v) is 12.0. The minimum absolute atomic E-state index is 0.730. The molecule has 0 aliphatic carbocycles. The van der Waals surface area contributed by atoms with Crippen molar-refractivity contribution in [1.82, 2.24) is 5.32 Å². The van der Waals surface area contributed by atoms with Crippen LogP contribution in [0.25, 0.3) is 0 Å². The van der Waals surface area contributed by atoms with Crippen molar-refractivity contribution in [3.63, 3.8) is 0 Å². The first kappa shape index (κ1) is 24.0. The fourth-order valence-electron chi connectivity index (χ4n) is 2.42. The summed E-state index contributed by atoms with van der Waals surface area (Å²) in [6.07, 6.45) is 8.94. The third-order valence-electron chi connectivity index (χ3n) is 3.72. The molecule has 6 heteroatoms. The molecule has 0 unspecified atom stereocenters. The molecule has 0 saturated carbocycles. The van der Waals surface area contributed by atoms with Gasteiger partial charge in [-0.05, 0) is 58.2 Å². The maximum absolute atomic E-state index is 6.11. The molecule has 0 saturated heterocycles. The molecule has 0 aromatic heterocycles. The van der Waals surface area contributed by atoms with Crippen LogP contribution in [0.4, 0.5) is 0 Å². The lowest BCUT2D eigenvalue weighted by atomic mass is 10.2. The van der Waals surface area contributed by atoms with Gasteiger partial charge in [0.2, 0.25) is 0 Å². The second-order valence-corrected chi connectivity index (χ2v) is 9.02. The van der Waals surface area contributed by atoms with Crippen molar-refractivity contribution in [2.75, 3.05) is 39.5 Å². The molecule has 5 nitrogen and oxygen atoms in total. The normalized spacial score (nSPS) is 12.0. The molecule has 0 amide bonds. The summed E-state index contributed by atoms with van der Waals surface area (Å²) in [6.45, 7) is 11.5. The summed E-state index contributed by atoms with van der Waals surface area (Å²) in [5, 5.41) is 3.53. The van der Waals surface area contributed by atoms with Crippen LogP contribution in [0.3, 0.4) is 0 Å². The molecule has 0 aromatic rings. The second-order valence-electron chi connectivity index (χ2n) is 6.28. The van der Waals surface area contributed by atoms with E-state index in [2.05, 4.69) is 26.1 Å². The molecule has 0 radical (unpaired) electrons. The maximum atomic E-state index is 6.11. The Morgan fingerprint density at radius 1 is 0.708 bits per heavy atom. The molecular formula is C18H42N2O3Si. The summed E-state index contributed by atoms with van der Waals surface area (Å²) in [5.41, 5.74) is 5.51. The van der Waals surface area contributed by atoms with Gasteiger partial charge in [-0.1, -0.05) is 33.6 Å². The molecule has 0 heterocycles. The lowest BCUT2D eigenvalue weighted by Crippen LogP contribution is -2.47. The average molecular weight is 363 g/mol. The number of unbranched alkanes of at least 4 members (excludes halogenated alkanes) is 3. The van der Waals surface area contributed by atoms with Crippen molar-refractivity contribution in [3.8, 4) is 0 Å². The number of nitrogens with two attached hydrogens (primary N) is 1. The van der Waals surface area contributed by atoms with Crippen LogP contribution in [0, 0.1) is 0 Å². The van der Waals surface area contributed by atoms with E-state index >= 15 is 0 Å². The van der Waals surface area contributed by atoms with Gasteiger partial charge < -0.3 is 24.3 Å². The standard InChI is InChI=1S/C18H42N2O3Si/c1-4-15-21-24(22-16-5-2,23-17-6-3)18-11-14-20-13-10-8-7-9-12-19/h20H,4-19H2,1-3H3. The molecule has 0 bridgehead atoms. The van der Waals surface area contributed by atoms with Crippen LogP contribution in [0.5, 0.6) is 0 Å². The Balaban J connectivity index is 4.07. The Kier molecular flexibility index (Phi) is 17.8. The van der Waals surface area contributed by atoms with Gasteiger partial charge in [-0.3, -0.25) is 0 Å². The van der Waals surface area contributed by atoms with Crippen LogP contribution < -0.4 is 11.1 Å². The van der Waals surface area contributed by atoms with Crippen LogP contribution in [0.15, 0.2) is 0 Å². The SMILES string of the molecule is CCCO[Si](CCCNCCCCCCN)(OCCC)OCCC. The summed E-state index contributed by atoms with van der Waals surface area (Å²) in [6, 6.07) is 0.910. The highest BCUT2D eigenvalue weighted by Crippen LogP contribution is 2.19. The molecular weight excluding hydrogens is 320 g/mol. The van der Waals surface area contributed by atoms with Crippen LogP contribution in [0.2, 0.25) is 6.04 Å². The monoisotopic (exact) mass is 362 g/mol. The Labute approximate surface area is 151 Å². The predicted molar refractivity (Wildman–Crippen MR) is 104 cm³/mol. The Morgan fingerprint density at radius 3 is 1.71 bits per heavy atom. The molecule has 146 valence electrons. The quantitative estimate of drug-likeness (QED) is 0.271. The van der Waals surface area contributed by atoms with Gasteiger partial charge in [0.1, 0.15) is 0 Å². The molecule has 0 spiro atoms. The zero-order chi connectivity index (χ0) is 17.9. The van der Waals surface area contributed by atoms with Gasteiger partial charge >= 0.3 is 8.80 Å². The van der Waals surface area contributed by atoms with Gasteiger partial charge in [-0.2, -0.15) is 0 Å². The summed E-state index contributed by atoms with van der Waals surface area (Å²) >= 11 is 0. The minimum Gasteiger partial charge on any atom is -0.373 e. The fourth-order valence-corrected chi connectivity index (χ4v) is 5.26. The van der Waals surface area contributed by atoms with Crippen LogP contribution in [-0.2, 0) is 13.3 Å². The first-order chi connectivity index (χ1) is 11.7. The second kappa shape index (κ2) is 17.8. The van der Waals surface area contributed by atoms with Gasteiger partial charge in [0.25, 0.3) is 0 Å². The van der Waals surface area contributed by atoms with E-state index in [9.17, 15) is 0 Å². The lowest BCUT2D eigenvalue weighted by Gasteiger charge is -2.29. The highest BCUT2D eigenvalue weighted by atomic mass is 28.4. The lowest BCUT2D eigenvalue weighted by molar-refractivity contribution is 0.0588. The summed E-state index contributed by atoms with van der Waals surface area (Å²) in [7, 11) is -2.50. The predicted octanol–water partition coefficient (Wildman–Crippen LogP) is 3.70. The average Bonchev–Trinajstić information content (AvgIpc) is 2.61. The number of rotatable bonds is 19. The molecule has 0 aliphatic heterocycles. The van der Waals surface area contributed by atoms with Gasteiger partial charge in [0, 0.05) is 25.9 Å². The van der Waals surface area contributed by atoms with Gasteiger partial charge in [0.05, 0.1) is 0 Å². The van der Waals surface area contributed by atoms with E-state index in [1.54, 1.807) is 0 Å². The molecule has 0 rings (SSSR count). The van der Waals surface area contributed by atoms with Crippen molar-refractivity contribution in [2.24, 2.45) is 5.73 Å². The largest absolute Gasteiger partial charge is 0.501 e. The van der Waals surface area contributed by atoms with Crippen LogP contribution in [-0.4, -0.2) is 48.3 Å². The summed E-state index contributed by atoms with van der Waals surface area (Å²) in [5.74, 6) is 0. The molecule has 0 aliphatic rings. The summed E-state index contributed by atoms with van der Waals surface area (Å²) < 4.78 is 18.3. The topological polar surface area (TPSA) is 65.7 Å². The van der Waals surface area contributed by atoms with Crippen molar-refractivity contribution in [1.29, 1.82) is 0 Å². The molecule has 3 N–H and O–H groups in total. The van der Waals surface area contributed by atoms with E-state index < -0.39 is 8.80 Å². The first-order valence-electron chi connectivity index (χ1n) is 10.1. The molecule has 24 heavy (non-hydrogen) atoms. The van der Waals surface area contributed by atoms with Gasteiger partial charge in [0.15, 0.2) is 0 Å². The van der Waals surface area contributed by atoms with Gasteiger partial charge in [-0.15, -0.1) is 0 Å². The molecule has 0 fully saturated rings. The Bertz CT molecular complexity index is 237. The molecule has 0 aromatic carbocycles. The number of hydrogen-bond donors (Lipinski definition) is 2. The maximum Gasteiger partial charge on any atom is 0.501 e. The van der Waals surface area contributed by atoms with E-state index in [4.69, 9.17) is 19.0 Å². The van der Waals surface area contributed by atoms with E-state index in [1.807, 2.05) is 0 Å². The number of hydrogen-bond acceptors (Lipinski definition) is 5.